The van der Waals surface area contributed by atoms with Gasteiger partial charge >= 0.3 is 0 Å². The number of nitrogens with zero attached hydrogens (tertiary/aromatic N) is 1. The Labute approximate surface area is 101 Å². The lowest BCUT2D eigenvalue weighted by Crippen LogP contribution is -2.52. The first-order valence-corrected chi connectivity index (χ1v) is 6.85. The molecule has 2 aliphatic rings. The summed E-state index contributed by atoms with van der Waals surface area (Å²) in [6.07, 6.45) is 4.08. The molecule has 1 unspecified atom stereocenters. The van der Waals surface area contributed by atoms with E-state index in [0.717, 1.165) is 0 Å². The third kappa shape index (κ3) is 2.78. The van der Waals surface area contributed by atoms with Crippen molar-refractivity contribution >= 4 is 0 Å². The van der Waals surface area contributed by atoms with Crippen LogP contribution >= 0.6 is 0 Å². The molecular weight excluding hydrogens is 196 g/mol. The van der Waals surface area contributed by atoms with Gasteiger partial charge in [-0.2, -0.15) is 0 Å². The van der Waals surface area contributed by atoms with Gasteiger partial charge in [0.1, 0.15) is 0 Å². The fourth-order valence-corrected chi connectivity index (χ4v) is 3.22. The molecule has 2 heterocycles. The Bertz CT molecular complexity index is 245. The Balaban J connectivity index is 1.89. The van der Waals surface area contributed by atoms with Crippen molar-refractivity contribution in [2.45, 2.75) is 53.0 Å². The van der Waals surface area contributed by atoms with Gasteiger partial charge in [-0.15, -0.1) is 0 Å². The van der Waals surface area contributed by atoms with E-state index in [1.807, 2.05) is 0 Å². The minimum absolute atomic E-state index is 0.477. The van der Waals surface area contributed by atoms with Crippen LogP contribution in [0.5, 0.6) is 0 Å². The smallest absolute Gasteiger partial charge is 0.0246 e. The topological polar surface area (TPSA) is 15.3 Å². The molecular formula is C14H28N2. The first-order chi connectivity index (χ1) is 7.39. The fraction of sp³-hybridized carbons (Fsp3) is 1.00. The van der Waals surface area contributed by atoms with E-state index in [4.69, 9.17) is 0 Å². The Hall–Kier alpha value is -0.0800. The molecule has 0 spiro atoms. The van der Waals surface area contributed by atoms with Crippen molar-refractivity contribution in [1.29, 1.82) is 0 Å². The van der Waals surface area contributed by atoms with Crippen LogP contribution in [0.15, 0.2) is 0 Å². The molecule has 2 rings (SSSR count). The molecule has 0 amide bonds. The standard InChI is InChI=1S/C14H28N2/c1-13(2)7-9-16(11-13)10-12-14(3,4)6-5-8-15-12/h12,15H,5-11H2,1-4H3. The third-order valence-corrected chi connectivity index (χ3v) is 4.53. The van der Waals surface area contributed by atoms with Gasteiger partial charge in [0.25, 0.3) is 0 Å². The largest absolute Gasteiger partial charge is 0.312 e. The van der Waals surface area contributed by atoms with E-state index in [1.165, 1.54) is 45.4 Å². The van der Waals surface area contributed by atoms with Gasteiger partial charge in [-0.3, -0.25) is 0 Å². The second kappa shape index (κ2) is 4.30. The van der Waals surface area contributed by atoms with Crippen LogP contribution in [-0.2, 0) is 0 Å². The number of hydrogen-bond acceptors (Lipinski definition) is 2. The maximum atomic E-state index is 3.72. The summed E-state index contributed by atoms with van der Waals surface area (Å²) in [6, 6.07) is 0.690. The summed E-state index contributed by atoms with van der Waals surface area (Å²) in [6.45, 7) is 14.7. The average Bonchev–Trinajstić information content (AvgIpc) is 2.49. The van der Waals surface area contributed by atoms with Gasteiger partial charge in [-0.1, -0.05) is 27.7 Å². The summed E-state index contributed by atoms with van der Waals surface area (Å²) < 4.78 is 0. The van der Waals surface area contributed by atoms with Crippen molar-refractivity contribution in [1.82, 2.24) is 10.2 Å². The van der Waals surface area contributed by atoms with E-state index in [1.54, 1.807) is 0 Å². The van der Waals surface area contributed by atoms with Gasteiger partial charge in [0.15, 0.2) is 0 Å². The van der Waals surface area contributed by atoms with Gasteiger partial charge in [0.2, 0.25) is 0 Å². The minimum Gasteiger partial charge on any atom is -0.312 e. The van der Waals surface area contributed by atoms with E-state index in [0.29, 0.717) is 16.9 Å². The zero-order chi connectivity index (χ0) is 11.8. The molecule has 0 radical (unpaired) electrons. The highest BCUT2D eigenvalue weighted by Gasteiger charge is 2.36. The van der Waals surface area contributed by atoms with Crippen molar-refractivity contribution in [2.75, 3.05) is 26.2 Å². The molecule has 2 heteroatoms. The van der Waals surface area contributed by atoms with E-state index >= 15 is 0 Å². The second-order valence-electron chi connectivity index (χ2n) is 7.25. The summed E-state index contributed by atoms with van der Waals surface area (Å²) in [5.41, 5.74) is 1.02. The molecule has 0 bridgehead atoms. The Morgan fingerprint density at radius 1 is 1.19 bits per heavy atom. The number of rotatable bonds is 2. The number of nitrogens with one attached hydrogen (secondary N) is 1. The zero-order valence-corrected chi connectivity index (χ0v) is 11.5. The molecule has 0 aromatic heterocycles. The molecule has 16 heavy (non-hydrogen) atoms. The highest BCUT2D eigenvalue weighted by molar-refractivity contribution is 4.92. The van der Waals surface area contributed by atoms with Crippen molar-refractivity contribution < 1.29 is 0 Å². The van der Waals surface area contributed by atoms with Gasteiger partial charge in [0.05, 0.1) is 0 Å². The predicted octanol–water partition coefficient (Wildman–Crippen LogP) is 2.50. The third-order valence-electron chi connectivity index (χ3n) is 4.53. The normalized spacial score (nSPS) is 34.1. The monoisotopic (exact) mass is 224 g/mol. The highest BCUT2D eigenvalue weighted by atomic mass is 15.2. The Morgan fingerprint density at radius 3 is 2.50 bits per heavy atom. The van der Waals surface area contributed by atoms with Gasteiger partial charge in [-0.25, -0.2) is 0 Å². The maximum Gasteiger partial charge on any atom is 0.0246 e. The first kappa shape index (κ1) is 12.4. The lowest BCUT2D eigenvalue weighted by Gasteiger charge is -2.41. The number of piperidine rings is 1. The molecule has 2 aliphatic heterocycles. The molecule has 1 atom stereocenters. The molecule has 2 saturated heterocycles. The average molecular weight is 224 g/mol. The number of likely N-dealkylation sites (tertiary alicyclic amines) is 1. The molecule has 2 fully saturated rings. The molecule has 1 N–H and O–H groups in total. The van der Waals surface area contributed by atoms with E-state index in [2.05, 4.69) is 37.9 Å². The summed E-state index contributed by atoms with van der Waals surface area (Å²) in [5.74, 6) is 0. The summed E-state index contributed by atoms with van der Waals surface area (Å²) in [5, 5.41) is 3.72. The fourth-order valence-electron chi connectivity index (χ4n) is 3.22. The lowest BCUT2D eigenvalue weighted by atomic mass is 9.77. The number of hydrogen-bond donors (Lipinski definition) is 1. The van der Waals surface area contributed by atoms with E-state index < -0.39 is 0 Å². The van der Waals surface area contributed by atoms with Crippen LogP contribution in [0.1, 0.15) is 47.0 Å². The summed E-state index contributed by atoms with van der Waals surface area (Å²) >= 11 is 0. The maximum absolute atomic E-state index is 3.72. The highest BCUT2D eigenvalue weighted by Crippen LogP contribution is 2.33. The van der Waals surface area contributed by atoms with Gasteiger partial charge in [-0.05, 0) is 43.2 Å². The van der Waals surface area contributed by atoms with Crippen LogP contribution in [-0.4, -0.2) is 37.1 Å². The van der Waals surface area contributed by atoms with Crippen LogP contribution in [0.3, 0.4) is 0 Å². The van der Waals surface area contributed by atoms with Crippen LogP contribution in [0.25, 0.3) is 0 Å². The SMILES string of the molecule is CC1(C)CCN(CC2NCCCC2(C)C)C1. The van der Waals surface area contributed by atoms with Crippen molar-refractivity contribution in [3.8, 4) is 0 Å². The molecule has 0 aliphatic carbocycles. The van der Waals surface area contributed by atoms with E-state index in [-0.39, 0.29) is 0 Å². The minimum atomic E-state index is 0.477. The van der Waals surface area contributed by atoms with Gasteiger partial charge < -0.3 is 10.2 Å². The van der Waals surface area contributed by atoms with Crippen LogP contribution < -0.4 is 5.32 Å². The van der Waals surface area contributed by atoms with Crippen LogP contribution in [0, 0.1) is 10.8 Å². The summed E-state index contributed by atoms with van der Waals surface area (Å²) in [7, 11) is 0. The molecule has 0 aromatic rings. The second-order valence-corrected chi connectivity index (χ2v) is 7.25. The van der Waals surface area contributed by atoms with Crippen LogP contribution in [0.2, 0.25) is 0 Å². The van der Waals surface area contributed by atoms with E-state index in [9.17, 15) is 0 Å². The molecule has 2 nitrogen and oxygen atoms in total. The lowest BCUT2D eigenvalue weighted by molar-refractivity contribution is 0.133. The molecule has 0 aromatic carbocycles. The quantitative estimate of drug-likeness (QED) is 0.775. The zero-order valence-electron chi connectivity index (χ0n) is 11.5. The first-order valence-electron chi connectivity index (χ1n) is 6.85. The van der Waals surface area contributed by atoms with Crippen molar-refractivity contribution in [3.63, 3.8) is 0 Å². The van der Waals surface area contributed by atoms with Crippen molar-refractivity contribution in [3.05, 3.63) is 0 Å². The Kier molecular flexibility index (Phi) is 3.33. The van der Waals surface area contributed by atoms with Crippen molar-refractivity contribution in [2.24, 2.45) is 10.8 Å². The predicted molar refractivity (Wildman–Crippen MR) is 69.6 cm³/mol. The van der Waals surface area contributed by atoms with Crippen LogP contribution in [0.4, 0.5) is 0 Å². The molecule has 94 valence electrons. The Morgan fingerprint density at radius 2 is 1.94 bits per heavy atom. The molecule has 0 saturated carbocycles. The summed E-state index contributed by atoms with van der Waals surface area (Å²) in [4.78, 5) is 2.66. The van der Waals surface area contributed by atoms with Gasteiger partial charge in [0, 0.05) is 19.1 Å².